The fraction of sp³-hybridized carbons (Fsp3) is 0.409. The Labute approximate surface area is 184 Å². The van der Waals surface area contributed by atoms with Crippen LogP contribution in [0.1, 0.15) is 25.0 Å². The zero-order valence-corrected chi connectivity index (χ0v) is 19.6. The van der Waals surface area contributed by atoms with Crippen molar-refractivity contribution in [3.8, 4) is 5.75 Å². The Balaban J connectivity index is 1.93. The van der Waals surface area contributed by atoms with Crippen LogP contribution in [0.5, 0.6) is 5.75 Å². The average molecular weight is 451 g/mol. The Kier molecular flexibility index (Phi) is 9.05. The van der Waals surface area contributed by atoms with Crippen LogP contribution in [0.2, 0.25) is 0 Å². The molecule has 0 unspecified atom stereocenters. The number of ether oxygens (including phenoxy) is 1. The van der Waals surface area contributed by atoms with Crippen molar-refractivity contribution in [3.05, 3.63) is 59.7 Å². The molecule has 0 saturated carbocycles. The third-order valence-electron chi connectivity index (χ3n) is 4.56. The molecule has 1 atom stereocenters. The Morgan fingerprint density at radius 3 is 2.43 bits per heavy atom. The quantitative estimate of drug-likeness (QED) is 0.530. The van der Waals surface area contributed by atoms with Crippen molar-refractivity contribution < 1.29 is 17.9 Å². The molecule has 0 heterocycles. The minimum Gasteiger partial charge on any atom is -0.494 e. The Bertz CT molecular complexity index is 930. The molecule has 0 spiro atoms. The van der Waals surface area contributed by atoms with Crippen molar-refractivity contribution in [2.24, 2.45) is 0 Å². The van der Waals surface area contributed by atoms with Gasteiger partial charge in [0.15, 0.2) is 0 Å². The standard InChI is InChI=1S/C22H30N2O4S2/c1-5-28-21-12-10-20(11-13-21)24(30(4,26)27)18(3)22(25)23-14-15-29-16-19-9-7-6-8-17(19)2/h6-13,18H,5,14-16H2,1-4H3,(H,23,25)/t18-/m0/s1. The number of thioether (sulfide) groups is 1. The molecule has 8 heteroatoms. The van der Waals surface area contributed by atoms with E-state index in [-0.39, 0.29) is 5.91 Å². The third kappa shape index (κ3) is 6.95. The smallest absolute Gasteiger partial charge is 0.243 e. The highest BCUT2D eigenvalue weighted by Crippen LogP contribution is 2.24. The van der Waals surface area contributed by atoms with Gasteiger partial charge in [-0.15, -0.1) is 0 Å². The fourth-order valence-corrected chi connectivity index (χ4v) is 5.12. The number of anilines is 1. The number of carbonyl (C=O) groups is 1. The molecule has 1 N–H and O–H groups in total. The number of hydrogen-bond donors (Lipinski definition) is 1. The van der Waals surface area contributed by atoms with Crippen molar-refractivity contribution in [1.82, 2.24) is 5.32 Å². The molecule has 0 aromatic heterocycles. The summed E-state index contributed by atoms with van der Waals surface area (Å²) in [5, 5.41) is 2.85. The molecule has 0 aliphatic rings. The highest BCUT2D eigenvalue weighted by Gasteiger charge is 2.28. The van der Waals surface area contributed by atoms with E-state index in [1.54, 1.807) is 43.0 Å². The molecule has 0 bridgehead atoms. The summed E-state index contributed by atoms with van der Waals surface area (Å²) in [6, 6.07) is 14.1. The van der Waals surface area contributed by atoms with Crippen LogP contribution < -0.4 is 14.4 Å². The highest BCUT2D eigenvalue weighted by molar-refractivity contribution is 7.98. The number of nitrogens with one attached hydrogen (secondary N) is 1. The van der Waals surface area contributed by atoms with Gasteiger partial charge in [-0.2, -0.15) is 11.8 Å². The van der Waals surface area contributed by atoms with Crippen LogP contribution in [0.3, 0.4) is 0 Å². The fourth-order valence-electron chi connectivity index (χ4n) is 3.01. The van der Waals surface area contributed by atoms with Gasteiger partial charge in [-0.25, -0.2) is 8.42 Å². The van der Waals surface area contributed by atoms with Gasteiger partial charge in [-0.1, -0.05) is 24.3 Å². The number of sulfonamides is 1. The molecule has 30 heavy (non-hydrogen) atoms. The summed E-state index contributed by atoms with van der Waals surface area (Å²) in [4.78, 5) is 12.6. The molecule has 2 rings (SSSR count). The summed E-state index contributed by atoms with van der Waals surface area (Å²) in [6.45, 7) is 6.55. The minimum atomic E-state index is -3.64. The summed E-state index contributed by atoms with van der Waals surface area (Å²) in [7, 11) is -3.64. The molecule has 0 aliphatic heterocycles. The maximum absolute atomic E-state index is 12.6. The van der Waals surface area contributed by atoms with Crippen molar-refractivity contribution in [1.29, 1.82) is 0 Å². The summed E-state index contributed by atoms with van der Waals surface area (Å²) >= 11 is 1.73. The zero-order valence-electron chi connectivity index (χ0n) is 17.9. The van der Waals surface area contributed by atoms with E-state index in [0.29, 0.717) is 24.6 Å². The van der Waals surface area contributed by atoms with E-state index < -0.39 is 16.1 Å². The van der Waals surface area contributed by atoms with Crippen molar-refractivity contribution in [2.45, 2.75) is 32.6 Å². The second kappa shape index (κ2) is 11.3. The first-order valence-corrected chi connectivity index (χ1v) is 12.9. The van der Waals surface area contributed by atoms with Gasteiger partial charge in [0.1, 0.15) is 11.8 Å². The van der Waals surface area contributed by atoms with Crippen LogP contribution in [0.4, 0.5) is 5.69 Å². The normalized spacial score (nSPS) is 12.3. The van der Waals surface area contributed by atoms with Gasteiger partial charge in [0.05, 0.1) is 18.6 Å². The van der Waals surface area contributed by atoms with Crippen LogP contribution in [0.25, 0.3) is 0 Å². The van der Waals surface area contributed by atoms with E-state index >= 15 is 0 Å². The highest BCUT2D eigenvalue weighted by atomic mass is 32.2. The van der Waals surface area contributed by atoms with Crippen LogP contribution in [0, 0.1) is 6.92 Å². The number of carbonyl (C=O) groups excluding carboxylic acids is 1. The molecule has 164 valence electrons. The topological polar surface area (TPSA) is 75.7 Å². The van der Waals surface area contributed by atoms with Crippen LogP contribution in [-0.4, -0.2) is 45.5 Å². The van der Waals surface area contributed by atoms with E-state index in [4.69, 9.17) is 4.74 Å². The van der Waals surface area contributed by atoms with Crippen LogP contribution >= 0.6 is 11.8 Å². The summed E-state index contributed by atoms with van der Waals surface area (Å²) in [6.07, 6.45) is 1.10. The number of nitrogens with zero attached hydrogens (tertiary/aromatic N) is 1. The predicted molar refractivity (Wildman–Crippen MR) is 125 cm³/mol. The summed E-state index contributed by atoms with van der Waals surface area (Å²) < 4.78 is 31.3. The molecule has 0 aliphatic carbocycles. The van der Waals surface area contributed by atoms with Gasteiger partial charge < -0.3 is 10.1 Å². The van der Waals surface area contributed by atoms with Gasteiger partial charge in [-0.05, 0) is 56.2 Å². The van der Waals surface area contributed by atoms with Crippen LogP contribution in [-0.2, 0) is 20.6 Å². The van der Waals surface area contributed by atoms with Gasteiger partial charge >= 0.3 is 0 Å². The van der Waals surface area contributed by atoms with E-state index in [0.717, 1.165) is 22.1 Å². The second-order valence-corrected chi connectivity index (χ2v) is 9.90. The molecular formula is C22H30N2O4S2. The van der Waals surface area contributed by atoms with E-state index in [2.05, 4.69) is 24.4 Å². The molecule has 0 radical (unpaired) electrons. The number of amides is 1. The second-order valence-electron chi connectivity index (χ2n) is 6.93. The number of rotatable bonds is 11. The molecule has 0 fully saturated rings. The molecule has 2 aromatic carbocycles. The largest absolute Gasteiger partial charge is 0.494 e. The molecule has 6 nitrogen and oxygen atoms in total. The van der Waals surface area contributed by atoms with Crippen LogP contribution in [0.15, 0.2) is 48.5 Å². The first-order valence-electron chi connectivity index (χ1n) is 9.86. The van der Waals surface area contributed by atoms with Crippen molar-refractivity contribution >= 4 is 33.4 Å². The maximum Gasteiger partial charge on any atom is 0.243 e. The average Bonchev–Trinajstić information content (AvgIpc) is 2.69. The Morgan fingerprint density at radius 2 is 1.83 bits per heavy atom. The lowest BCUT2D eigenvalue weighted by molar-refractivity contribution is -0.121. The van der Waals surface area contributed by atoms with Crippen molar-refractivity contribution in [3.63, 3.8) is 0 Å². The van der Waals surface area contributed by atoms with Crippen molar-refractivity contribution in [2.75, 3.05) is 29.5 Å². The Morgan fingerprint density at radius 1 is 1.17 bits per heavy atom. The van der Waals surface area contributed by atoms with Gasteiger partial charge in [-0.3, -0.25) is 9.10 Å². The van der Waals surface area contributed by atoms with Gasteiger partial charge in [0, 0.05) is 18.1 Å². The lowest BCUT2D eigenvalue weighted by Crippen LogP contribution is -2.48. The zero-order chi connectivity index (χ0) is 22.1. The SMILES string of the molecule is CCOc1ccc(N([C@@H](C)C(=O)NCCSCc2ccccc2C)S(C)(=O)=O)cc1. The number of aryl methyl sites for hydroxylation is 1. The van der Waals surface area contributed by atoms with Gasteiger partial charge in [0.25, 0.3) is 0 Å². The molecule has 0 saturated heterocycles. The first kappa shape index (κ1) is 24.1. The maximum atomic E-state index is 12.6. The van der Waals surface area contributed by atoms with E-state index in [9.17, 15) is 13.2 Å². The number of benzene rings is 2. The first-order chi connectivity index (χ1) is 14.2. The molecule has 2 aromatic rings. The van der Waals surface area contributed by atoms with E-state index in [1.807, 2.05) is 19.1 Å². The molecule has 1 amide bonds. The monoisotopic (exact) mass is 450 g/mol. The third-order valence-corrected chi connectivity index (χ3v) is 6.80. The Hall–Kier alpha value is -2.19. The molecular weight excluding hydrogens is 420 g/mol. The predicted octanol–water partition coefficient (Wildman–Crippen LogP) is 3.60. The summed E-state index contributed by atoms with van der Waals surface area (Å²) in [5.41, 5.74) is 2.96. The lowest BCUT2D eigenvalue weighted by Gasteiger charge is -2.28. The van der Waals surface area contributed by atoms with E-state index in [1.165, 1.54) is 11.1 Å². The van der Waals surface area contributed by atoms with Gasteiger partial charge in [0.2, 0.25) is 15.9 Å². The lowest BCUT2D eigenvalue weighted by atomic mass is 10.1. The summed E-state index contributed by atoms with van der Waals surface area (Å²) in [5.74, 6) is 1.94. The minimum absolute atomic E-state index is 0.328. The number of hydrogen-bond acceptors (Lipinski definition) is 5.